The zero-order chi connectivity index (χ0) is 21.3. The number of nitrogens with one attached hydrogen (secondary N) is 2. The summed E-state index contributed by atoms with van der Waals surface area (Å²) in [5, 5.41) is 14.6. The number of amides is 2. The second-order valence-electron chi connectivity index (χ2n) is 6.21. The van der Waals surface area contributed by atoms with E-state index in [0.717, 1.165) is 0 Å². The number of nitrogens with zero attached hydrogens (tertiary/aromatic N) is 1. The number of benzene rings is 3. The van der Waals surface area contributed by atoms with Crippen LogP contribution in [-0.4, -0.2) is 24.7 Å². The highest BCUT2D eigenvalue weighted by molar-refractivity contribution is 8.00. The topological polar surface area (TPSA) is 91.2 Å². The van der Waals surface area contributed by atoms with Crippen molar-refractivity contribution in [1.29, 1.82) is 5.26 Å². The van der Waals surface area contributed by atoms with E-state index < -0.39 is 0 Å². The molecule has 0 aliphatic rings. The molecule has 30 heavy (non-hydrogen) atoms. The average Bonchev–Trinajstić information content (AvgIpc) is 2.78. The van der Waals surface area contributed by atoms with Crippen molar-refractivity contribution in [1.82, 2.24) is 0 Å². The van der Waals surface area contributed by atoms with Gasteiger partial charge in [0, 0.05) is 16.3 Å². The van der Waals surface area contributed by atoms with Crippen molar-refractivity contribution in [3.63, 3.8) is 0 Å². The number of thioether (sulfide) groups is 1. The van der Waals surface area contributed by atoms with E-state index in [9.17, 15) is 9.59 Å². The van der Waals surface area contributed by atoms with E-state index in [-0.39, 0.29) is 17.6 Å². The molecule has 0 unspecified atom stereocenters. The predicted molar refractivity (Wildman–Crippen MR) is 118 cm³/mol. The third-order valence-corrected chi connectivity index (χ3v) is 5.19. The molecule has 0 bridgehead atoms. The maximum atomic E-state index is 12.7. The van der Waals surface area contributed by atoms with Crippen LogP contribution in [0.1, 0.15) is 15.9 Å². The molecule has 3 aromatic carbocycles. The summed E-state index contributed by atoms with van der Waals surface area (Å²) in [5.74, 6) is 0.352. The molecule has 0 radical (unpaired) electrons. The molecular weight excluding hydrogens is 398 g/mol. The van der Waals surface area contributed by atoms with Gasteiger partial charge in [0.05, 0.1) is 30.1 Å². The zero-order valence-electron chi connectivity index (χ0n) is 16.2. The summed E-state index contributed by atoms with van der Waals surface area (Å²) in [6, 6.07) is 22.9. The number of nitriles is 1. The number of hydrogen-bond acceptors (Lipinski definition) is 5. The summed E-state index contributed by atoms with van der Waals surface area (Å²) in [6.07, 6.45) is 0. The van der Waals surface area contributed by atoms with Crippen molar-refractivity contribution >= 4 is 35.0 Å². The Labute approximate surface area is 178 Å². The summed E-state index contributed by atoms with van der Waals surface area (Å²) >= 11 is 1.27. The first-order valence-corrected chi connectivity index (χ1v) is 10.0. The quantitative estimate of drug-likeness (QED) is 0.550. The van der Waals surface area contributed by atoms with E-state index in [1.165, 1.54) is 11.8 Å². The van der Waals surface area contributed by atoms with Crippen molar-refractivity contribution < 1.29 is 14.3 Å². The van der Waals surface area contributed by atoms with Gasteiger partial charge in [-0.25, -0.2) is 0 Å². The van der Waals surface area contributed by atoms with Crippen molar-refractivity contribution in [2.45, 2.75) is 4.90 Å². The van der Waals surface area contributed by atoms with Gasteiger partial charge in [0.1, 0.15) is 5.75 Å². The van der Waals surface area contributed by atoms with Crippen LogP contribution in [0.5, 0.6) is 5.75 Å². The lowest BCUT2D eigenvalue weighted by Crippen LogP contribution is -2.16. The molecule has 7 heteroatoms. The predicted octanol–water partition coefficient (Wildman–Crippen LogP) is 4.55. The Morgan fingerprint density at radius 1 is 0.967 bits per heavy atom. The monoisotopic (exact) mass is 417 g/mol. The van der Waals surface area contributed by atoms with Crippen LogP contribution in [0, 0.1) is 11.3 Å². The molecule has 0 heterocycles. The first-order valence-electron chi connectivity index (χ1n) is 9.06. The molecule has 0 aliphatic carbocycles. The molecule has 0 saturated heterocycles. The van der Waals surface area contributed by atoms with Gasteiger partial charge in [-0.3, -0.25) is 9.59 Å². The van der Waals surface area contributed by atoms with Crippen LogP contribution in [0.3, 0.4) is 0 Å². The molecule has 0 atom stereocenters. The van der Waals surface area contributed by atoms with Crippen LogP contribution in [0.4, 0.5) is 11.4 Å². The molecule has 2 amide bonds. The number of carbonyl (C=O) groups excluding carboxylic acids is 2. The van der Waals surface area contributed by atoms with E-state index in [1.54, 1.807) is 73.8 Å². The normalized spacial score (nSPS) is 10.0. The molecule has 3 rings (SSSR count). The number of anilines is 2. The number of carbonyl (C=O) groups is 2. The molecule has 0 aliphatic heterocycles. The fourth-order valence-electron chi connectivity index (χ4n) is 2.66. The van der Waals surface area contributed by atoms with E-state index in [1.807, 2.05) is 12.1 Å². The number of rotatable bonds is 7. The van der Waals surface area contributed by atoms with Crippen LogP contribution < -0.4 is 15.4 Å². The molecule has 0 fully saturated rings. The van der Waals surface area contributed by atoms with Gasteiger partial charge >= 0.3 is 0 Å². The molecular formula is C23H19N3O3S. The first kappa shape index (κ1) is 21.0. The van der Waals surface area contributed by atoms with Crippen molar-refractivity contribution in [2.75, 3.05) is 23.5 Å². The summed E-state index contributed by atoms with van der Waals surface area (Å²) in [6.45, 7) is 0. The Kier molecular flexibility index (Phi) is 7.09. The minimum atomic E-state index is -0.259. The highest BCUT2D eigenvalue weighted by Crippen LogP contribution is 2.24. The summed E-state index contributed by atoms with van der Waals surface area (Å²) < 4.78 is 5.12. The standard InChI is InChI=1S/C23H19N3O3S/c1-29-19-11-9-17(10-12-19)26-23(28)20-7-2-3-8-21(20)30-15-22(27)25-18-6-4-5-16(13-18)14-24/h2-13H,15H2,1H3,(H,25,27)(H,26,28). The van der Waals surface area contributed by atoms with Crippen molar-refractivity contribution in [3.05, 3.63) is 83.9 Å². The first-order chi connectivity index (χ1) is 14.6. The minimum Gasteiger partial charge on any atom is -0.497 e. The number of hydrogen-bond donors (Lipinski definition) is 2. The average molecular weight is 417 g/mol. The van der Waals surface area contributed by atoms with Gasteiger partial charge in [0.15, 0.2) is 0 Å². The maximum absolute atomic E-state index is 12.7. The Morgan fingerprint density at radius 3 is 2.47 bits per heavy atom. The maximum Gasteiger partial charge on any atom is 0.256 e. The summed E-state index contributed by atoms with van der Waals surface area (Å²) in [7, 11) is 1.58. The van der Waals surface area contributed by atoms with E-state index in [4.69, 9.17) is 10.00 Å². The summed E-state index contributed by atoms with van der Waals surface area (Å²) in [5.41, 5.74) is 2.17. The number of ether oxygens (including phenoxy) is 1. The lowest BCUT2D eigenvalue weighted by atomic mass is 10.2. The Bertz CT molecular complexity index is 1090. The van der Waals surface area contributed by atoms with Crippen molar-refractivity contribution in [2.24, 2.45) is 0 Å². The Morgan fingerprint density at radius 2 is 1.73 bits per heavy atom. The Hall–Kier alpha value is -3.76. The van der Waals surface area contributed by atoms with Crippen LogP contribution >= 0.6 is 11.8 Å². The minimum absolute atomic E-state index is 0.129. The van der Waals surface area contributed by atoms with E-state index in [0.29, 0.717) is 33.1 Å². The molecule has 6 nitrogen and oxygen atoms in total. The molecule has 150 valence electrons. The smallest absolute Gasteiger partial charge is 0.256 e. The lowest BCUT2D eigenvalue weighted by Gasteiger charge is -2.11. The van der Waals surface area contributed by atoms with E-state index in [2.05, 4.69) is 10.6 Å². The van der Waals surface area contributed by atoms with Gasteiger partial charge in [-0.1, -0.05) is 18.2 Å². The van der Waals surface area contributed by atoms with Crippen LogP contribution in [0.15, 0.2) is 77.7 Å². The van der Waals surface area contributed by atoms with Gasteiger partial charge in [-0.05, 0) is 54.6 Å². The van der Waals surface area contributed by atoms with Crippen LogP contribution in [0.25, 0.3) is 0 Å². The fourth-order valence-corrected chi connectivity index (χ4v) is 3.51. The highest BCUT2D eigenvalue weighted by atomic mass is 32.2. The van der Waals surface area contributed by atoms with Crippen molar-refractivity contribution in [3.8, 4) is 11.8 Å². The third-order valence-electron chi connectivity index (χ3n) is 4.11. The zero-order valence-corrected chi connectivity index (χ0v) is 17.0. The lowest BCUT2D eigenvalue weighted by molar-refractivity contribution is -0.113. The van der Waals surface area contributed by atoms with Gasteiger partial charge in [0.25, 0.3) is 5.91 Å². The summed E-state index contributed by atoms with van der Waals surface area (Å²) in [4.78, 5) is 25.7. The molecule has 0 saturated carbocycles. The van der Waals surface area contributed by atoms with Gasteiger partial charge in [-0.2, -0.15) is 5.26 Å². The van der Waals surface area contributed by atoms with Gasteiger partial charge in [0.2, 0.25) is 5.91 Å². The highest BCUT2D eigenvalue weighted by Gasteiger charge is 2.13. The SMILES string of the molecule is COc1ccc(NC(=O)c2ccccc2SCC(=O)Nc2cccc(C#N)c2)cc1. The molecule has 0 aromatic heterocycles. The third kappa shape index (κ3) is 5.63. The molecule has 2 N–H and O–H groups in total. The molecule has 3 aromatic rings. The van der Waals surface area contributed by atoms with Gasteiger partial charge < -0.3 is 15.4 Å². The number of methoxy groups -OCH3 is 1. The van der Waals surface area contributed by atoms with Gasteiger partial charge in [-0.15, -0.1) is 11.8 Å². The second kappa shape index (κ2) is 10.1. The Balaban J connectivity index is 1.63. The van der Waals surface area contributed by atoms with Crippen LogP contribution in [-0.2, 0) is 4.79 Å². The van der Waals surface area contributed by atoms with Crippen LogP contribution in [0.2, 0.25) is 0 Å². The molecule has 0 spiro atoms. The largest absolute Gasteiger partial charge is 0.497 e. The second-order valence-corrected chi connectivity index (χ2v) is 7.23. The van der Waals surface area contributed by atoms with E-state index >= 15 is 0 Å². The fraction of sp³-hybridized carbons (Fsp3) is 0.0870.